The van der Waals surface area contributed by atoms with E-state index in [0.717, 1.165) is 22.3 Å². The number of carbonyl (C=O) groups excluding carboxylic acids is 2. The Morgan fingerprint density at radius 3 is 2.30 bits per heavy atom. The van der Waals surface area contributed by atoms with E-state index in [0.29, 0.717) is 12.2 Å². The molecule has 1 aliphatic heterocycles. The van der Waals surface area contributed by atoms with Crippen molar-refractivity contribution in [1.29, 1.82) is 0 Å². The molecule has 150 valence electrons. The van der Waals surface area contributed by atoms with Crippen molar-refractivity contribution < 1.29 is 19.1 Å². The number of hydrogen-bond donors (Lipinski definition) is 0. The average molecular weight is 398 g/mol. The van der Waals surface area contributed by atoms with E-state index >= 15 is 0 Å². The number of hydrogen-bond acceptors (Lipinski definition) is 4. The van der Waals surface area contributed by atoms with Gasteiger partial charge in [-0.25, -0.2) is 0 Å². The van der Waals surface area contributed by atoms with Crippen LogP contribution in [0.15, 0.2) is 78.9 Å². The van der Waals surface area contributed by atoms with Gasteiger partial charge in [0.25, 0.3) is 0 Å². The number of para-hydroxylation sites is 1. The third kappa shape index (κ3) is 2.60. The summed E-state index contributed by atoms with van der Waals surface area (Å²) in [5, 5.41) is 0. The number of carbonyl (C=O) groups is 2. The summed E-state index contributed by atoms with van der Waals surface area (Å²) in [5.74, 6) is -1.07. The fraction of sp³-hybridized carbons (Fsp3) is 0.231. The lowest BCUT2D eigenvalue weighted by molar-refractivity contribution is -0.171. The van der Waals surface area contributed by atoms with Crippen LogP contribution in [0.1, 0.15) is 47.4 Å². The van der Waals surface area contributed by atoms with Crippen LogP contribution in [0.3, 0.4) is 0 Å². The molecule has 5 rings (SSSR count). The summed E-state index contributed by atoms with van der Waals surface area (Å²) in [5.41, 5.74) is 2.62. The molecule has 0 unspecified atom stereocenters. The Morgan fingerprint density at radius 2 is 1.57 bits per heavy atom. The maximum absolute atomic E-state index is 13.5. The molecule has 0 N–H and O–H groups in total. The van der Waals surface area contributed by atoms with Crippen LogP contribution in [0.2, 0.25) is 0 Å². The summed E-state index contributed by atoms with van der Waals surface area (Å²) >= 11 is 0. The number of fused-ring (bicyclic) bond motifs is 5. The Hall–Kier alpha value is -3.40. The fourth-order valence-electron chi connectivity index (χ4n) is 5.07. The van der Waals surface area contributed by atoms with Gasteiger partial charge in [0, 0.05) is 17.4 Å². The van der Waals surface area contributed by atoms with Crippen LogP contribution in [0.4, 0.5) is 0 Å². The minimum absolute atomic E-state index is 0.110. The van der Waals surface area contributed by atoms with Crippen molar-refractivity contribution in [3.63, 3.8) is 0 Å². The van der Waals surface area contributed by atoms with E-state index in [1.54, 1.807) is 13.0 Å². The molecule has 1 aliphatic carbocycles. The van der Waals surface area contributed by atoms with Gasteiger partial charge < -0.3 is 9.47 Å². The number of rotatable bonds is 3. The van der Waals surface area contributed by atoms with E-state index in [4.69, 9.17) is 9.47 Å². The molecule has 0 bridgehead atoms. The quantitative estimate of drug-likeness (QED) is 0.361. The van der Waals surface area contributed by atoms with Crippen molar-refractivity contribution in [1.82, 2.24) is 0 Å². The summed E-state index contributed by atoms with van der Waals surface area (Å²) in [4.78, 5) is 26.9. The maximum atomic E-state index is 13.5. The SMILES string of the molecule is CCOC(=O)[C@@]12C[C@H](c3ccccc3)c3ccccc3[C@@H]1c1ccccc1OC2=O. The van der Waals surface area contributed by atoms with Crippen LogP contribution in [-0.2, 0) is 14.3 Å². The number of benzene rings is 3. The van der Waals surface area contributed by atoms with E-state index in [1.165, 1.54) is 0 Å². The van der Waals surface area contributed by atoms with E-state index in [-0.39, 0.29) is 12.5 Å². The van der Waals surface area contributed by atoms with Crippen molar-refractivity contribution in [2.45, 2.75) is 25.2 Å². The van der Waals surface area contributed by atoms with E-state index in [2.05, 4.69) is 6.07 Å². The second-order valence-electron chi connectivity index (χ2n) is 7.85. The molecule has 1 heterocycles. The molecule has 4 heteroatoms. The van der Waals surface area contributed by atoms with Crippen LogP contribution in [-0.4, -0.2) is 18.5 Å². The van der Waals surface area contributed by atoms with Gasteiger partial charge in [-0.05, 0) is 36.1 Å². The Balaban J connectivity index is 1.81. The molecular weight excluding hydrogens is 376 g/mol. The minimum Gasteiger partial charge on any atom is -0.465 e. The first kappa shape index (κ1) is 18.6. The molecule has 0 saturated carbocycles. The molecule has 3 aromatic carbocycles. The zero-order chi connectivity index (χ0) is 20.7. The molecule has 0 spiro atoms. The van der Waals surface area contributed by atoms with E-state index < -0.39 is 23.3 Å². The normalized spacial score (nSPS) is 24.1. The second-order valence-corrected chi connectivity index (χ2v) is 7.85. The van der Waals surface area contributed by atoms with Crippen molar-refractivity contribution in [3.8, 4) is 5.75 Å². The van der Waals surface area contributed by atoms with Gasteiger partial charge >= 0.3 is 11.9 Å². The average Bonchev–Trinajstić information content (AvgIpc) is 2.79. The molecular formula is C26H22O4. The van der Waals surface area contributed by atoms with Gasteiger partial charge in [0.05, 0.1) is 6.61 Å². The summed E-state index contributed by atoms with van der Waals surface area (Å²) in [6.07, 6.45) is 0.310. The second kappa shape index (κ2) is 7.13. The van der Waals surface area contributed by atoms with Crippen LogP contribution in [0.5, 0.6) is 5.75 Å². The van der Waals surface area contributed by atoms with Crippen LogP contribution in [0, 0.1) is 5.41 Å². The maximum Gasteiger partial charge on any atom is 0.329 e. The molecule has 0 amide bonds. The van der Waals surface area contributed by atoms with Crippen molar-refractivity contribution >= 4 is 11.9 Å². The highest BCUT2D eigenvalue weighted by Gasteiger charge is 2.62. The Morgan fingerprint density at radius 1 is 0.933 bits per heavy atom. The lowest BCUT2D eigenvalue weighted by Crippen LogP contribution is -2.53. The van der Waals surface area contributed by atoms with Gasteiger partial charge in [-0.3, -0.25) is 9.59 Å². The van der Waals surface area contributed by atoms with Crippen LogP contribution in [0.25, 0.3) is 0 Å². The molecule has 3 aromatic rings. The smallest absolute Gasteiger partial charge is 0.329 e. The highest BCUT2D eigenvalue weighted by atomic mass is 16.6. The third-order valence-corrected chi connectivity index (χ3v) is 6.34. The summed E-state index contributed by atoms with van der Waals surface area (Å²) in [6, 6.07) is 25.6. The van der Waals surface area contributed by atoms with Crippen molar-refractivity contribution in [3.05, 3.63) is 101 Å². The summed E-state index contributed by atoms with van der Waals surface area (Å²) in [7, 11) is 0. The van der Waals surface area contributed by atoms with Gasteiger partial charge in [-0.1, -0.05) is 72.8 Å². The molecule has 0 saturated heterocycles. The third-order valence-electron chi connectivity index (χ3n) is 6.34. The molecule has 30 heavy (non-hydrogen) atoms. The standard InChI is InChI=1S/C26H22O4/c1-2-29-24(27)26-16-21(17-10-4-3-5-11-17)18-12-6-7-13-19(18)23(26)20-14-8-9-15-22(20)30-25(26)28/h3-15,21,23H,2,16H2,1H3/t21-,23-,26-/m1/s1. The lowest BCUT2D eigenvalue weighted by Gasteiger charge is -2.47. The van der Waals surface area contributed by atoms with Crippen LogP contribution < -0.4 is 4.74 Å². The fourth-order valence-corrected chi connectivity index (χ4v) is 5.07. The number of esters is 2. The van der Waals surface area contributed by atoms with Crippen LogP contribution >= 0.6 is 0 Å². The monoisotopic (exact) mass is 398 g/mol. The Labute approximate surface area is 175 Å². The molecule has 2 aliphatic rings. The summed E-state index contributed by atoms with van der Waals surface area (Å²) in [6.45, 7) is 1.97. The van der Waals surface area contributed by atoms with Gasteiger partial charge in [-0.2, -0.15) is 0 Å². The molecule has 0 fully saturated rings. The highest BCUT2D eigenvalue weighted by molar-refractivity contribution is 6.04. The zero-order valence-electron chi connectivity index (χ0n) is 16.7. The predicted molar refractivity (Wildman–Crippen MR) is 112 cm³/mol. The van der Waals surface area contributed by atoms with Crippen molar-refractivity contribution in [2.24, 2.45) is 5.41 Å². The van der Waals surface area contributed by atoms with E-state index in [9.17, 15) is 9.59 Å². The Kier molecular flexibility index (Phi) is 4.43. The lowest BCUT2D eigenvalue weighted by atomic mass is 9.56. The van der Waals surface area contributed by atoms with E-state index in [1.807, 2.05) is 66.7 Å². The predicted octanol–water partition coefficient (Wildman–Crippen LogP) is 4.82. The largest absolute Gasteiger partial charge is 0.465 e. The highest BCUT2D eigenvalue weighted by Crippen LogP contribution is 2.59. The van der Waals surface area contributed by atoms with Gasteiger partial charge in [-0.15, -0.1) is 0 Å². The first-order chi connectivity index (χ1) is 14.7. The van der Waals surface area contributed by atoms with Crippen molar-refractivity contribution in [2.75, 3.05) is 6.61 Å². The first-order valence-electron chi connectivity index (χ1n) is 10.3. The van der Waals surface area contributed by atoms with Gasteiger partial charge in [0.1, 0.15) is 5.75 Å². The van der Waals surface area contributed by atoms with Gasteiger partial charge in [0.2, 0.25) is 0 Å². The summed E-state index contributed by atoms with van der Waals surface area (Å²) < 4.78 is 11.2. The molecule has 4 nitrogen and oxygen atoms in total. The topological polar surface area (TPSA) is 52.6 Å². The van der Waals surface area contributed by atoms with Gasteiger partial charge in [0.15, 0.2) is 5.41 Å². The minimum atomic E-state index is -1.42. The Bertz CT molecular complexity index is 1120. The molecule has 3 atom stereocenters. The zero-order valence-corrected chi connectivity index (χ0v) is 16.7. The molecule has 0 aromatic heterocycles. The number of ether oxygens (including phenoxy) is 2. The molecule has 0 radical (unpaired) electrons. The first-order valence-corrected chi connectivity index (χ1v) is 10.3.